The van der Waals surface area contributed by atoms with Gasteiger partial charge in [0.05, 0.1) is 16.7 Å². The normalized spacial score (nSPS) is 19.9. The highest BCUT2D eigenvalue weighted by Gasteiger charge is 2.35. The highest BCUT2D eigenvalue weighted by Crippen LogP contribution is 2.28. The molecule has 0 bridgehead atoms. The summed E-state index contributed by atoms with van der Waals surface area (Å²) < 4.78 is 0. The Labute approximate surface area is 122 Å². The van der Waals surface area contributed by atoms with E-state index in [-0.39, 0.29) is 11.5 Å². The summed E-state index contributed by atoms with van der Waals surface area (Å²) in [5, 5.41) is 4.98. The van der Waals surface area contributed by atoms with Gasteiger partial charge < -0.3 is 11.1 Å². The Bertz CT molecular complexity index is 633. The van der Waals surface area contributed by atoms with Gasteiger partial charge in [-0.3, -0.25) is 19.7 Å². The van der Waals surface area contributed by atoms with E-state index in [1.54, 1.807) is 6.07 Å². The number of carbonyl (C=O) groups excluding carboxylic acids is 3. The summed E-state index contributed by atoms with van der Waals surface area (Å²) in [7, 11) is 0. The topological polar surface area (TPSA) is 101 Å². The molecule has 1 saturated carbocycles. The maximum atomic E-state index is 12.3. The van der Waals surface area contributed by atoms with E-state index in [0.29, 0.717) is 24.1 Å². The second-order valence-electron chi connectivity index (χ2n) is 5.71. The molecular formula is C15H17N3O3. The summed E-state index contributed by atoms with van der Waals surface area (Å²) in [6.07, 6.45) is 4.34. The van der Waals surface area contributed by atoms with Crippen molar-refractivity contribution in [1.82, 2.24) is 5.32 Å². The van der Waals surface area contributed by atoms with Crippen molar-refractivity contribution in [2.45, 2.75) is 37.6 Å². The summed E-state index contributed by atoms with van der Waals surface area (Å²) in [6, 6.07) is 4.66. The first-order valence-electron chi connectivity index (χ1n) is 7.10. The fourth-order valence-electron chi connectivity index (χ4n) is 2.91. The highest BCUT2D eigenvalue weighted by atomic mass is 16.2. The molecular weight excluding hydrogens is 270 g/mol. The number of carbonyl (C=O) groups is 3. The summed E-state index contributed by atoms with van der Waals surface area (Å²) in [5.74, 6) is -1.08. The van der Waals surface area contributed by atoms with E-state index in [2.05, 4.69) is 10.6 Å². The van der Waals surface area contributed by atoms with E-state index in [0.717, 1.165) is 19.3 Å². The van der Waals surface area contributed by atoms with Crippen LogP contribution in [0.2, 0.25) is 0 Å². The van der Waals surface area contributed by atoms with Crippen LogP contribution in [0.15, 0.2) is 18.2 Å². The van der Waals surface area contributed by atoms with Crippen LogP contribution >= 0.6 is 0 Å². The van der Waals surface area contributed by atoms with Crippen LogP contribution in [0, 0.1) is 0 Å². The molecule has 0 aromatic heterocycles. The Hall–Kier alpha value is -2.21. The molecule has 3 rings (SSSR count). The van der Waals surface area contributed by atoms with Crippen molar-refractivity contribution in [2.75, 3.05) is 5.32 Å². The van der Waals surface area contributed by atoms with Gasteiger partial charge in [0.1, 0.15) is 0 Å². The molecule has 1 heterocycles. The van der Waals surface area contributed by atoms with Crippen LogP contribution < -0.4 is 16.4 Å². The van der Waals surface area contributed by atoms with Crippen LogP contribution in [0.4, 0.5) is 5.69 Å². The van der Waals surface area contributed by atoms with Crippen LogP contribution in [0.5, 0.6) is 0 Å². The summed E-state index contributed by atoms with van der Waals surface area (Å²) in [6.45, 7) is 0. The minimum absolute atomic E-state index is 0.230. The number of nitrogens with one attached hydrogen (secondary N) is 2. The molecule has 1 aliphatic carbocycles. The van der Waals surface area contributed by atoms with Gasteiger partial charge in [0.15, 0.2) is 0 Å². The van der Waals surface area contributed by atoms with Gasteiger partial charge in [0.2, 0.25) is 5.91 Å². The van der Waals surface area contributed by atoms with E-state index in [1.165, 1.54) is 12.1 Å². The van der Waals surface area contributed by atoms with Crippen molar-refractivity contribution >= 4 is 23.4 Å². The average Bonchev–Trinajstić information content (AvgIpc) is 2.74. The number of amides is 3. The lowest BCUT2D eigenvalue weighted by molar-refractivity contribution is -0.122. The van der Waals surface area contributed by atoms with Crippen LogP contribution in [0.1, 0.15) is 52.8 Å². The SMILES string of the molecule is NC1(C(=O)Nc2ccc3c(c2)C(=O)NC3=O)CCCCC1. The van der Waals surface area contributed by atoms with Gasteiger partial charge in [0, 0.05) is 5.69 Å². The van der Waals surface area contributed by atoms with Crippen molar-refractivity contribution in [1.29, 1.82) is 0 Å². The zero-order chi connectivity index (χ0) is 15.0. The van der Waals surface area contributed by atoms with Gasteiger partial charge in [-0.2, -0.15) is 0 Å². The van der Waals surface area contributed by atoms with Gasteiger partial charge in [-0.25, -0.2) is 0 Å². The molecule has 0 unspecified atom stereocenters. The number of benzene rings is 1. The predicted molar refractivity (Wildman–Crippen MR) is 76.9 cm³/mol. The molecule has 0 atom stereocenters. The zero-order valence-corrected chi connectivity index (χ0v) is 11.6. The van der Waals surface area contributed by atoms with Crippen molar-refractivity contribution in [3.8, 4) is 0 Å². The van der Waals surface area contributed by atoms with Crippen molar-refractivity contribution in [3.63, 3.8) is 0 Å². The molecule has 1 aliphatic heterocycles. The maximum absolute atomic E-state index is 12.3. The van der Waals surface area contributed by atoms with Crippen molar-refractivity contribution in [2.24, 2.45) is 5.73 Å². The molecule has 0 radical (unpaired) electrons. The lowest BCUT2D eigenvalue weighted by Gasteiger charge is -2.31. The monoisotopic (exact) mass is 287 g/mol. The Kier molecular flexibility index (Phi) is 3.25. The van der Waals surface area contributed by atoms with Gasteiger partial charge in [-0.15, -0.1) is 0 Å². The molecule has 0 saturated heterocycles. The number of hydrogen-bond donors (Lipinski definition) is 3. The van der Waals surface area contributed by atoms with Gasteiger partial charge in [0.25, 0.3) is 11.8 Å². The van der Waals surface area contributed by atoms with Crippen LogP contribution in [0.3, 0.4) is 0 Å². The van der Waals surface area contributed by atoms with Crippen LogP contribution in [0.25, 0.3) is 0 Å². The second-order valence-corrected chi connectivity index (χ2v) is 5.71. The first-order chi connectivity index (χ1) is 9.99. The Morgan fingerprint density at radius 2 is 1.76 bits per heavy atom. The third-order valence-electron chi connectivity index (χ3n) is 4.19. The summed E-state index contributed by atoms with van der Waals surface area (Å²) >= 11 is 0. The van der Waals surface area contributed by atoms with Crippen molar-refractivity contribution < 1.29 is 14.4 Å². The highest BCUT2D eigenvalue weighted by molar-refractivity contribution is 6.22. The molecule has 3 amide bonds. The fourth-order valence-corrected chi connectivity index (χ4v) is 2.91. The Morgan fingerprint density at radius 1 is 1.10 bits per heavy atom. The van der Waals surface area contributed by atoms with E-state index in [1.807, 2.05) is 0 Å². The Morgan fingerprint density at radius 3 is 2.48 bits per heavy atom. The van der Waals surface area contributed by atoms with Crippen LogP contribution in [-0.2, 0) is 4.79 Å². The molecule has 4 N–H and O–H groups in total. The standard InChI is InChI=1S/C15H17N3O3/c16-15(6-2-1-3-7-15)14(21)17-9-4-5-10-11(8-9)13(20)18-12(10)19/h4-5,8H,1-3,6-7,16H2,(H,17,21)(H,18,19,20). The second kappa shape index (κ2) is 4.96. The third-order valence-corrected chi connectivity index (χ3v) is 4.19. The number of fused-ring (bicyclic) bond motifs is 1. The zero-order valence-electron chi connectivity index (χ0n) is 11.6. The fraction of sp³-hybridized carbons (Fsp3) is 0.400. The minimum atomic E-state index is -0.838. The number of nitrogens with two attached hydrogens (primary N) is 1. The molecule has 6 nitrogen and oxygen atoms in total. The smallest absolute Gasteiger partial charge is 0.259 e. The summed E-state index contributed by atoms with van der Waals surface area (Å²) in [5.41, 5.74) is 6.43. The number of imide groups is 1. The molecule has 110 valence electrons. The van der Waals surface area contributed by atoms with E-state index in [4.69, 9.17) is 5.73 Å². The Balaban J connectivity index is 1.80. The molecule has 0 spiro atoms. The largest absolute Gasteiger partial charge is 0.324 e. The van der Waals surface area contributed by atoms with Gasteiger partial charge >= 0.3 is 0 Å². The van der Waals surface area contributed by atoms with E-state index in [9.17, 15) is 14.4 Å². The molecule has 21 heavy (non-hydrogen) atoms. The first kappa shape index (κ1) is 13.8. The quantitative estimate of drug-likeness (QED) is 0.711. The van der Waals surface area contributed by atoms with Crippen molar-refractivity contribution in [3.05, 3.63) is 29.3 Å². The lowest BCUT2D eigenvalue weighted by atomic mass is 9.82. The van der Waals surface area contributed by atoms with Crippen LogP contribution in [-0.4, -0.2) is 23.3 Å². The van der Waals surface area contributed by atoms with Gasteiger partial charge in [-0.1, -0.05) is 19.3 Å². The summed E-state index contributed by atoms with van der Waals surface area (Å²) in [4.78, 5) is 35.4. The number of anilines is 1. The molecule has 2 aliphatic rings. The third kappa shape index (κ3) is 2.42. The molecule has 1 aromatic rings. The maximum Gasteiger partial charge on any atom is 0.259 e. The average molecular weight is 287 g/mol. The minimum Gasteiger partial charge on any atom is -0.324 e. The van der Waals surface area contributed by atoms with Gasteiger partial charge in [-0.05, 0) is 31.0 Å². The number of hydrogen-bond acceptors (Lipinski definition) is 4. The predicted octanol–water partition coefficient (Wildman–Crippen LogP) is 1.17. The van der Waals surface area contributed by atoms with E-state index < -0.39 is 17.4 Å². The lowest BCUT2D eigenvalue weighted by Crippen LogP contribution is -2.52. The molecule has 1 fully saturated rings. The van der Waals surface area contributed by atoms with E-state index >= 15 is 0 Å². The molecule has 6 heteroatoms. The first-order valence-corrected chi connectivity index (χ1v) is 7.10. The number of rotatable bonds is 2. The molecule has 1 aromatic carbocycles.